The van der Waals surface area contributed by atoms with Gasteiger partial charge in [0.2, 0.25) is 0 Å². The van der Waals surface area contributed by atoms with Crippen LogP contribution in [0.1, 0.15) is 52.4 Å². The van der Waals surface area contributed by atoms with E-state index in [0.717, 1.165) is 24.9 Å². The van der Waals surface area contributed by atoms with Crippen molar-refractivity contribution in [2.45, 2.75) is 70.6 Å². The van der Waals surface area contributed by atoms with E-state index in [1.165, 1.54) is 32.1 Å². The van der Waals surface area contributed by atoms with E-state index in [2.05, 4.69) is 18.7 Å². The number of aliphatic hydroxyl groups is 1. The first-order valence-electron chi connectivity index (χ1n) is 6.70. The highest BCUT2D eigenvalue weighted by Gasteiger charge is 2.38. The lowest BCUT2D eigenvalue weighted by Gasteiger charge is -2.40. The summed E-state index contributed by atoms with van der Waals surface area (Å²) in [6, 6.07) is 1.26. The first-order valence-corrected chi connectivity index (χ1v) is 6.70. The van der Waals surface area contributed by atoms with Crippen LogP contribution in [0.25, 0.3) is 0 Å². The Labute approximate surface area is 93.7 Å². The van der Waals surface area contributed by atoms with Gasteiger partial charge in [0, 0.05) is 12.1 Å². The summed E-state index contributed by atoms with van der Waals surface area (Å²) in [6.07, 6.45) is 7.41. The molecule has 0 aromatic heterocycles. The van der Waals surface area contributed by atoms with E-state index in [-0.39, 0.29) is 6.10 Å². The number of likely N-dealkylation sites (N-methyl/N-ethyl adjacent to an activating group) is 1. The van der Waals surface area contributed by atoms with Gasteiger partial charge in [0.25, 0.3) is 0 Å². The topological polar surface area (TPSA) is 23.5 Å². The molecule has 88 valence electrons. The average Bonchev–Trinajstić information content (AvgIpc) is 3.06. The number of hydrogen-bond acceptors (Lipinski definition) is 2. The molecule has 0 radical (unpaired) electrons. The van der Waals surface area contributed by atoms with E-state index < -0.39 is 0 Å². The van der Waals surface area contributed by atoms with Gasteiger partial charge < -0.3 is 5.11 Å². The maximum Gasteiger partial charge on any atom is 0.0695 e. The Morgan fingerprint density at radius 2 is 1.87 bits per heavy atom. The highest BCUT2D eigenvalue weighted by Crippen LogP contribution is 2.36. The quantitative estimate of drug-likeness (QED) is 0.772. The van der Waals surface area contributed by atoms with E-state index in [0.29, 0.717) is 6.04 Å². The minimum Gasteiger partial charge on any atom is -0.391 e. The van der Waals surface area contributed by atoms with Gasteiger partial charge in [-0.15, -0.1) is 0 Å². The Balaban J connectivity index is 1.96. The maximum atomic E-state index is 10.1. The summed E-state index contributed by atoms with van der Waals surface area (Å²) >= 11 is 0. The van der Waals surface area contributed by atoms with Crippen LogP contribution in [-0.4, -0.2) is 34.7 Å². The zero-order valence-corrected chi connectivity index (χ0v) is 10.2. The van der Waals surface area contributed by atoms with Crippen LogP contribution < -0.4 is 0 Å². The molecule has 1 N–H and O–H groups in total. The van der Waals surface area contributed by atoms with Crippen LogP contribution in [0.3, 0.4) is 0 Å². The van der Waals surface area contributed by atoms with Crippen LogP contribution in [0, 0.1) is 5.92 Å². The summed E-state index contributed by atoms with van der Waals surface area (Å²) in [6.45, 7) is 5.64. The van der Waals surface area contributed by atoms with Crippen molar-refractivity contribution < 1.29 is 5.11 Å². The van der Waals surface area contributed by atoms with Crippen molar-refractivity contribution in [1.82, 2.24) is 4.90 Å². The van der Waals surface area contributed by atoms with E-state index in [4.69, 9.17) is 0 Å². The smallest absolute Gasteiger partial charge is 0.0695 e. The Morgan fingerprint density at radius 3 is 2.40 bits per heavy atom. The third-order valence-corrected chi connectivity index (χ3v) is 4.27. The first-order chi connectivity index (χ1) is 7.26. The van der Waals surface area contributed by atoms with Gasteiger partial charge in [0.05, 0.1) is 6.10 Å². The summed E-state index contributed by atoms with van der Waals surface area (Å²) in [5, 5.41) is 10.1. The van der Waals surface area contributed by atoms with Crippen LogP contribution in [-0.2, 0) is 0 Å². The lowest BCUT2D eigenvalue weighted by atomic mass is 9.81. The molecule has 0 spiro atoms. The van der Waals surface area contributed by atoms with Crippen LogP contribution in [0.2, 0.25) is 0 Å². The molecule has 0 heterocycles. The molecular formula is C13H25NO. The summed E-state index contributed by atoms with van der Waals surface area (Å²) < 4.78 is 0. The number of nitrogens with zero attached hydrogens (tertiary/aromatic N) is 1. The zero-order chi connectivity index (χ0) is 10.8. The zero-order valence-electron chi connectivity index (χ0n) is 10.2. The van der Waals surface area contributed by atoms with Crippen LogP contribution in [0.5, 0.6) is 0 Å². The third-order valence-electron chi connectivity index (χ3n) is 4.27. The Morgan fingerprint density at radius 1 is 1.13 bits per heavy atom. The second-order valence-corrected chi connectivity index (χ2v) is 5.28. The predicted octanol–water partition coefficient (Wildman–Crippen LogP) is 2.41. The standard InChI is InChI=1S/C13H25NO/c1-3-10-5-8-13(15)12(9-10)14(4-2)11-6-7-11/h10-13,15H,3-9H2,1-2H3. The van der Waals surface area contributed by atoms with Gasteiger partial charge in [0.15, 0.2) is 0 Å². The second-order valence-electron chi connectivity index (χ2n) is 5.28. The highest BCUT2D eigenvalue weighted by molar-refractivity contribution is 4.93. The molecule has 2 aliphatic rings. The Bertz CT molecular complexity index is 203. The van der Waals surface area contributed by atoms with E-state index in [1.54, 1.807) is 0 Å². The van der Waals surface area contributed by atoms with Gasteiger partial charge in [0.1, 0.15) is 0 Å². The third kappa shape index (κ3) is 2.54. The molecule has 0 aromatic rings. The number of aliphatic hydroxyl groups excluding tert-OH is 1. The fraction of sp³-hybridized carbons (Fsp3) is 1.00. The van der Waals surface area contributed by atoms with Crippen molar-refractivity contribution in [2.75, 3.05) is 6.54 Å². The second kappa shape index (κ2) is 4.84. The minimum absolute atomic E-state index is 0.0617. The molecule has 2 nitrogen and oxygen atoms in total. The monoisotopic (exact) mass is 211 g/mol. The fourth-order valence-electron chi connectivity index (χ4n) is 3.11. The Hall–Kier alpha value is -0.0800. The van der Waals surface area contributed by atoms with Crippen molar-refractivity contribution in [3.63, 3.8) is 0 Å². The SMILES string of the molecule is CCC1CCC(O)C(N(CC)C2CC2)C1. The molecule has 0 bridgehead atoms. The summed E-state index contributed by atoms with van der Waals surface area (Å²) in [5.74, 6) is 0.853. The van der Waals surface area contributed by atoms with Crippen LogP contribution in [0.4, 0.5) is 0 Å². The van der Waals surface area contributed by atoms with Gasteiger partial charge in [-0.05, 0) is 44.6 Å². The maximum absolute atomic E-state index is 10.1. The molecule has 15 heavy (non-hydrogen) atoms. The molecule has 2 saturated carbocycles. The summed E-state index contributed by atoms with van der Waals surface area (Å²) in [7, 11) is 0. The van der Waals surface area contributed by atoms with Crippen LogP contribution in [0.15, 0.2) is 0 Å². The molecule has 2 heteroatoms. The predicted molar refractivity (Wildman–Crippen MR) is 62.8 cm³/mol. The van der Waals surface area contributed by atoms with Gasteiger partial charge in [-0.2, -0.15) is 0 Å². The van der Waals surface area contributed by atoms with Crippen molar-refractivity contribution in [3.8, 4) is 0 Å². The summed E-state index contributed by atoms with van der Waals surface area (Å²) in [5.41, 5.74) is 0. The molecule has 2 fully saturated rings. The van der Waals surface area contributed by atoms with Gasteiger partial charge in [-0.25, -0.2) is 0 Å². The molecule has 0 saturated heterocycles. The number of rotatable bonds is 4. The minimum atomic E-state index is -0.0617. The lowest BCUT2D eigenvalue weighted by molar-refractivity contribution is 0.000690. The molecule has 3 unspecified atom stereocenters. The summed E-state index contributed by atoms with van der Waals surface area (Å²) in [4.78, 5) is 2.56. The molecule has 0 aliphatic heterocycles. The van der Waals surface area contributed by atoms with E-state index >= 15 is 0 Å². The molecule has 3 atom stereocenters. The largest absolute Gasteiger partial charge is 0.391 e. The first kappa shape index (κ1) is 11.4. The van der Waals surface area contributed by atoms with Gasteiger partial charge in [-0.1, -0.05) is 20.3 Å². The lowest BCUT2D eigenvalue weighted by Crippen LogP contribution is -2.48. The van der Waals surface area contributed by atoms with Gasteiger partial charge >= 0.3 is 0 Å². The molecule has 2 rings (SSSR count). The van der Waals surface area contributed by atoms with Crippen molar-refractivity contribution in [2.24, 2.45) is 5.92 Å². The van der Waals surface area contributed by atoms with Crippen molar-refractivity contribution in [1.29, 1.82) is 0 Å². The van der Waals surface area contributed by atoms with E-state index in [1.807, 2.05) is 0 Å². The van der Waals surface area contributed by atoms with Crippen LogP contribution >= 0.6 is 0 Å². The fourth-order valence-corrected chi connectivity index (χ4v) is 3.11. The normalized spacial score (nSPS) is 37.2. The molecule has 2 aliphatic carbocycles. The molecule has 0 aromatic carbocycles. The highest BCUT2D eigenvalue weighted by atomic mass is 16.3. The Kier molecular flexibility index (Phi) is 3.68. The molecule has 0 amide bonds. The number of hydrogen-bond donors (Lipinski definition) is 1. The average molecular weight is 211 g/mol. The molecular weight excluding hydrogens is 186 g/mol. The van der Waals surface area contributed by atoms with Crippen molar-refractivity contribution in [3.05, 3.63) is 0 Å². The van der Waals surface area contributed by atoms with Crippen molar-refractivity contribution >= 4 is 0 Å². The van der Waals surface area contributed by atoms with E-state index in [9.17, 15) is 5.11 Å². The van der Waals surface area contributed by atoms with Gasteiger partial charge in [-0.3, -0.25) is 4.90 Å².